The summed E-state index contributed by atoms with van der Waals surface area (Å²) in [5.41, 5.74) is 8.60. The molecular weight excluding hydrogens is 444 g/mol. The van der Waals surface area contributed by atoms with Gasteiger partial charge in [0.05, 0.1) is 12.1 Å². The number of hydrogen-bond donors (Lipinski definition) is 0. The minimum absolute atomic E-state index is 0.659. The number of pyridine rings is 1. The number of nitriles is 1. The number of hydrogen-bond acceptors (Lipinski definition) is 4. The third kappa shape index (κ3) is 4.46. The van der Waals surface area contributed by atoms with Crippen LogP contribution in [0.2, 0.25) is 0 Å². The fourth-order valence-electron chi connectivity index (χ4n) is 4.67. The van der Waals surface area contributed by atoms with E-state index in [0.717, 1.165) is 62.7 Å². The molecule has 5 heteroatoms. The zero-order valence-electron chi connectivity index (χ0n) is 21.0. The van der Waals surface area contributed by atoms with E-state index in [-0.39, 0.29) is 0 Å². The lowest BCUT2D eigenvalue weighted by Crippen LogP contribution is -2.05. The van der Waals surface area contributed by atoms with Crippen molar-refractivity contribution in [1.29, 1.82) is 5.26 Å². The van der Waals surface area contributed by atoms with Gasteiger partial charge < -0.3 is 9.30 Å². The van der Waals surface area contributed by atoms with E-state index in [1.54, 1.807) is 0 Å². The molecule has 0 N–H and O–H groups in total. The van der Waals surface area contributed by atoms with Gasteiger partial charge >= 0.3 is 0 Å². The van der Waals surface area contributed by atoms with Crippen molar-refractivity contribution in [3.8, 4) is 28.7 Å². The number of para-hydroxylation sites is 1. The Balaban J connectivity index is 1.49. The molecule has 2 aromatic heterocycles. The van der Waals surface area contributed by atoms with E-state index in [0.29, 0.717) is 17.9 Å². The molecule has 0 fully saturated rings. The summed E-state index contributed by atoms with van der Waals surface area (Å²) in [6.07, 6.45) is 0.839. The molecule has 0 aliphatic heterocycles. The van der Waals surface area contributed by atoms with E-state index in [1.807, 2.05) is 56.3 Å². The van der Waals surface area contributed by atoms with Crippen molar-refractivity contribution < 1.29 is 4.74 Å². The normalized spacial score (nSPS) is 11.0. The fourth-order valence-corrected chi connectivity index (χ4v) is 4.67. The van der Waals surface area contributed by atoms with E-state index in [1.165, 1.54) is 0 Å². The van der Waals surface area contributed by atoms with Crippen LogP contribution in [0.15, 0.2) is 72.8 Å². The Morgan fingerprint density at radius 1 is 0.861 bits per heavy atom. The second kappa shape index (κ2) is 9.67. The van der Waals surface area contributed by atoms with Gasteiger partial charge in [0.15, 0.2) is 5.65 Å². The number of aromatic nitrogens is 3. The molecule has 0 saturated carbocycles. The van der Waals surface area contributed by atoms with Gasteiger partial charge in [-0.2, -0.15) is 5.26 Å². The Kier molecular flexibility index (Phi) is 6.26. The highest BCUT2D eigenvalue weighted by molar-refractivity contribution is 5.76. The molecule has 0 bridgehead atoms. The van der Waals surface area contributed by atoms with E-state index in [2.05, 4.69) is 54.8 Å². The number of fused-ring (bicyclic) bond motifs is 1. The van der Waals surface area contributed by atoms with Crippen LogP contribution in [0.1, 0.15) is 40.7 Å². The first-order valence-electron chi connectivity index (χ1n) is 12.2. The predicted octanol–water partition coefficient (Wildman–Crippen LogP) is 7.30. The van der Waals surface area contributed by atoms with Crippen LogP contribution in [0.3, 0.4) is 0 Å². The van der Waals surface area contributed by atoms with Gasteiger partial charge in [-0.05, 0) is 73.4 Å². The summed E-state index contributed by atoms with van der Waals surface area (Å²) in [4.78, 5) is 9.65. The average molecular weight is 473 g/mol. The van der Waals surface area contributed by atoms with E-state index >= 15 is 0 Å². The molecular formula is C31H28N4O. The molecule has 0 spiro atoms. The van der Waals surface area contributed by atoms with Crippen molar-refractivity contribution in [2.24, 2.45) is 0 Å². The Hall–Kier alpha value is -4.43. The van der Waals surface area contributed by atoms with Crippen LogP contribution in [0.4, 0.5) is 0 Å². The van der Waals surface area contributed by atoms with Gasteiger partial charge in [0.2, 0.25) is 0 Å². The average Bonchev–Trinajstić information content (AvgIpc) is 3.22. The summed E-state index contributed by atoms with van der Waals surface area (Å²) in [6.45, 7) is 8.87. The third-order valence-electron chi connectivity index (χ3n) is 6.42. The summed E-state index contributed by atoms with van der Waals surface area (Å²) in [5, 5.41) is 9.86. The van der Waals surface area contributed by atoms with Gasteiger partial charge in [-0.3, -0.25) is 0 Å². The maximum atomic E-state index is 9.86. The van der Waals surface area contributed by atoms with Crippen molar-refractivity contribution in [2.45, 2.75) is 40.7 Å². The summed E-state index contributed by atoms with van der Waals surface area (Å²) in [6, 6.07) is 26.4. The van der Waals surface area contributed by atoms with Crippen molar-refractivity contribution in [1.82, 2.24) is 14.5 Å². The van der Waals surface area contributed by atoms with Crippen LogP contribution >= 0.6 is 0 Å². The van der Waals surface area contributed by atoms with E-state index < -0.39 is 0 Å². The first-order chi connectivity index (χ1) is 17.5. The van der Waals surface area contributed by atoms with Crippen molar-refractivity contribution in [3.05, 3.63) is 107 Å². The van der Waals surface area contributed by atoms with Crippen LogP contribution in [0, 0.1) is 32.1 Å². The van der Waals surface area contributed by atoms with Crippen molar-refractivity contribution in [2.75, 3.05) is 0 Å². The lowest BCUT2D eigenvalue weighted by atomic mass is 9.95. The third-order valence-corrected chi connectivity index (χ3v) is 6.42. The zero-order chi connectivity index (χ0) is 25.2. The van der Waals surface area contributed by atoms with E-state index in [4.69, 9.17) is 14.7 Å². The molecule has 0 saturated heterocycles. The molecule has 0 amide bonds. The maximum Gasteiger partial charge on any atom is 0.160 e. The molecule has 178 valence electrons. The van der Waals surface area contributed by atoms with Gasteiger partial charge in [0, 0.05) is 17.7 Å². The van der Waals surface area contributed by atoms with Gasteiger partial charge in [-0.25, -0.2) is 9.97 Å². The quantitative estimate of drug-likeness (QED) is 0.260. The molecule has 0 unspecified atom stereocenters. The number of ether oxygens (including phenoxy) is 1. The molecule has 5 nitrogen and oxygen atoms in total. The molecule has 0 aliphatic carbocycles. The molecule has 36 heavy (non-hydrogen) atoms. The smallest absolute Gasteiger partial charge is 0.160 e. The number of imidazole rings is 1. The monoisotopic (exact) mass is 472 g/mol. The zero-order valence-corrected chi connectivity index (χ0v) is 21.0. The van der Waals surface area contributed by atoms with Crippen LogP contribution in [-0.2, 0) is 13.0 Å². The van der Waals surface area contributed by atoms with Crippen LogP contribution in [-0.4, -0.2) is 14.5 Å². The lowest BCUT2D eigenvalue weighted by Gasteiger charge is -2.13. The Labute approximate surface area is 211 Å². The van der Waals surface area contributed by atoms with Crippen LogP contribution in [0.5, 0.6) is 11.5 Å². The highest BCUT2D eigenvalue weighted by Crippen LogP contribution is 2.33. The molecule has 0 atom stereocenters. The lowest BCUT2D eigenvalue weighted by molar-refractivity contribution is 0.482. The highest BCUT2D eigenvalue weighted by atomic mass is 16.5. The predicted molar refractivity (Wildman–Crippen MR) is 143 cm³/mol. The number of aryl methyl sites for hydroxylation is 4. The fraction of sp³-hybridized carbons (Fsp3) is 0.194. The molecule has 0 radical (unpaired) electrons. The summed E-state index contributed by atoms with van der Waals surface area (Å²) in [5.74, 6) is 2.51. The van der Waals surface area contributed by atoms with Crippen LogP contribution in [0.25, 0.3) is 22.3 Å². The van der Waals surface area contributed by atoms with Gasteiger partial charge in [-0.15, -0.1) is 0 Å². The molecule has 5 rings (SSSR count). The first kappa shape index (κ1) is 23.3. The highest BCUT2D eigenvalue weighted by Gasteiger charge is 2.15. The maximum absolute atomic E-state index is 9.86. The van der Waals surface area contributed by atoms with E-state index in [9.17, 15) is 5.26 Å². The second-order valence-electron chi connectivity index (χ2n) is 9.11. The Morgan fingerprint density at radius 2 is 1.61 bits per heavy atom. The molecule has 2 heterocycles. The largest absolute Gasteiger partial charge is 0.457 e. The second-order valence-corrected chi connectivity index (χ2v) is 9.11. The Bertz CT molecular complexity index is 1590. The van der Waals surface area contributed by atoms with Crippen molar-refractivity contribution in [3.63, 3.8) is 0 Å². The minimum atomic E-state index is 0.659. The topological polar surface area (TPSA) is 63.7 Å². The SMILES string of the molecule is CCc1nc2c(C)cc(C)nc2n1Cc1ccc(-c2cc(Oc3ccccc3)cc(C)c2C#N)cc1. The minimum Gasteiger partial charge on any atom is -0.457 e. The Morgan fingerprint density at radius 3 is 2.31 bits per heavy atom. The number of rotatable bonds is 6. The molecule has 3 aromatic carbocycles. The molecule has 0 aliphatic rings. The molecule has 5 aromatic rings. The number of benzene rings is 3. The summed E-state index contributed by atoms with van der Waals surface area (Å²) >= 11 is 0. The van der Waals surface area contributed by atoms with Crippen molar-refractivity contribution >= 4 is 11.2 Å². The summed E-state index contributed by atoms with van der Waals surface area (Å²) < 4.78 is 8.29. The summed E-state index contributed by atoms with van der Waals surface area (Å²) in [7, 11) is 0. The first-order valence-corrected chi connectivity index (χ1v) is 12.2. The van der Waals surface area contributed by atoms with Gasteiger partial charge in [0.1, 0.15) is 28.9 Å². The van der Waals surface area contributed by atoms with Gasteiger partial charge in [-0.1, -0.05) is 49.4 Å². The number of nitrogens with zero attached hydrogens (tertiary/aromatic N) is 4. The van der Waals surface area contributed by atoms with Crippen LogP contribution < -0.4 is 4.74 Å². The van der Waals surface area contributed by atoms with Gasteiger partial charge in [0.25, 0.3) is 0 Å². The standard InChI is InChI=1S/C31H28N4O/c1-5-29-34-30-21(3)15-22(4)33-31(30)35(29)19-23-11-13-24(14-12-23)27-17-26(16-20(2)28(27)18-32)36-25-9-7-6-8-10-25/h6-17H,5,19H2,1-4H3.